The predicted molar refractivity (Wildman–Crippen MR) is 220 cm³/mol. The molecule has 6 unspecified atom stereocenters. The van der Waals surface area contributed by atoms with Crippen molar-refractivity contribution in [1.82, 2.24) is 0 Å². The van der Waals surface area contributed by atoms with Crippen molar-refractivity contribution in [2.75, 3.05) is 19.0 Å². The average Bonchev–Trinajstić information content (AvgIpc) is 3.16. The lowest BCUT2D eigenvalue weighted by Crippen LogP contribution is -2.60. The van der Waals surface area contributed by atoms with Crippen LogP contribution in [0, 0.1) is 0 Å². The van der Waals surface area contributed by atoms with Gasteiger partial charge in [-0.2, -0.15) is 8.42 Å². The van der Waals surface area contributed by atoms with Crippen LogP contribution >= 0.6 is 0 Å². The number of rotatable bonds is 36. The first-order valence-electron chi connectivity index (χ1n) is 21.9. The molecule has 0 amide bonds. The van der Waals surface area contributed by atoms with Gasteiger partial charge in [-0.05, 0) is 44.9 Å². The molecule has 0 aliphatic carbocycles. The van der Waals surface area contributed by atoms with Gasteiger partial charge < -0.3 is 34.3 Å². The van der Waals surface area contributed by atoms with Crippen LogP contribution in [0.2, 0.25) is 0 Å². The van der Waals surface area contributed by atoms with Crippen LogP contribution in [0.4, 0.5) is 0 Å². The number of esters is 2. The van der Waals surface area contributed by atoms with Crippen LogP contribution in [0.15, 0.2) is 24.3 Å². The zero-order valence-corrected chi connectivity index (χ0v) is 35.6. The fourth-order valence-corrected chi connectivity index (χ4v) is 7.28. The minimum absolute atomic E-state index is 0.158. The largest absolute Gasteiger partial charge is 0.462 e. The maximum atomic E-state index is 12.8. The number of allylic oxidation sites excluding steroid dienone is 4. The van der Waals surface area contributed by atoms with Crippen LogP contribution in [0.3, 0.4) is 0 Å². The average molecular weight is 819 g/mol. The van der Waals surface area contributed by atoms with Gasteiger partial charge in [0.2, 0.25) is 0 Å². The zero-order valence-electron chi connectivity index (χ0n) is 34.7. The Morgan fingerprint density at radius 3 is 1.59 bits per heavy atom. The van der Waals surface area contributed by atoms with Gasteiger partial charge in [0.05, 0.1) is 6.61 Å². The number of aliphatic hydroxyl groups is 3. The third-order valence-corrected chi connectivity index (χ3v) is 10.8. The Balaban J connectivity index is 2.45. The minimum Gasteiger partial charge on any atom is -0.462 e. The second-order valence-electron chi connectivity index (χ2n) is 15.4. The normalized spacial score (nSPS) is 20.9. The zero-order chi connectivity index (χ0) is 41.3. The van der Waals surface area contributed by atoms with E-state index in [0.29, 0.717) is 12.8 Å². The Bertz CT molecular complexity index is 1140. The second kappa shape index (κ2) is 34.0. The van der Waals surface area contributed by atoms with E-state index in [2.05, 4.69) is 38.2 Å². The van der Waals surface area contributed by atoms with Crippen LogP contribution < -0.4 is 0 Å². The highest BCUT2D eigenvalue weighted by molar-refractivity contribution is 7.85. The highest BCUT2D eigenvalue weighted by Crippen LogP contribution is 2.24. The van der Waals surface area contributed by atoms with Crippen LogP contribution in [0.5, 0.6) is 0 Å². The molecule has 1 saturated heterocycles. The minimum atomic E-state index is -4.60. The standard InChI is InChI=1S/C43H78O12S/c1-3-5-7-9-11-13-15-16-17-18-19-20-21-22-24-26-28-30-32-39(45)54-36(33-52-38(44)31-29-27-25-23-14-12-10-8-6-4-2)34-53-43-42(48)41(47)40(46)37(55-43)35-56(49,50)51/h13,15,17-18,36-37,40-43,46-48H,3-12,14,16,19-35H2,1-2H3,(H,49,50,51)/b15-13-,18-17-. The molecule has 0 aromatic rings. The van der Waals surface area contributed by atoms with Crippen LogP contribution in [0.25, 0.3) is 0 Å². The van der Waals surface area contributed by atoms with Gasteiger partial charge >= 0.3 is 11.9 Å². The van der Waals surface area contributed by atoms with Gasteiger partial charge in [-0.25, -0.2) is 0 Å². The Hall–Kier alpha value is -1.87. The Kier molecular flexibility index (Phi) is 31.7. The van der Waals surface area contributed by atoms with E-state index in [1.165, 1.54) is 83.5 Å². The number of hydrogen-bond acceptors (Lipinski definition) is 11. The molecular weight excluding hydrogens is 741 g/mol. The number of carbonyl (C=O) groups excluding carboxylic acids is 2. The summed E-state index contributed by atoms with van der Waals surface area (Å²) in [5, 5.41) is 30.8. The highest BCUT2D eigenvalue weighted by Gasteiger charge is 2.46. The fraction of sp³-hybridized carbons (Fsp3) is 0.860. The van der Waals surface area contributed by atoms with Crippen LogP contribution in [0.1, 0.15) is 181 Å². The van der Waals surface area contributed by atoms with Gasteiger partial charge in [0, 0.05) is 12.8 Å². The predicted octanol–water partition coefficient (Wildman–Crippen LogP) is 8.45. The molecule has 0 aromatic carbocycles. The summed E-state index contributed by atoms with van der Waals surface area (Å²) in [5.74, 6) is -1.99. The molecule has 0 aromatic heterocycles. The van der Waals surface area contributed by atoms with E-state index in [4.69, 9.17) is 18.9 Å². The summed E-state index contributed by atoms with van der Waals surface area (Å²) in [5.41, 5.74) is 0. The van der Waals surface area contributed by atoms with E-state index in [0.717, 1.165) is 57.8 Å². The van der Waals surface area contributed by atoms with Crippen LogP contribution in [-0.2, 0) is 38.7 Å². The SMILES string of the molecule is CCCCCC/C=C\C/C=C\CCCCCCCCCC(=O)OC(COC(=O)CCCCCCCCCCCC)COC1OC(CS(=O)(=O)O)C(O)C(O)C1O. The maximum absolute atomic E-state index is 12.8. The molecule has 56 heavy (non-hydrogen) atoms. The van der Waals surface area contributed by atoms with Crippen molar-refractivity contribution in [3.8, 4) is 0 Å². The number of ether oxygens (including phenoxy) is 4. The summed E-state index contributed by atoms with van der Waals surface area (Å²) in [6, 6.07) is 0. The molecule has 1 rings (SSSR count). The monoisotopic (exact) mass is 819 g/mol. The summed E-state index contributed by atoms with van der Waals surface area (Å²) in [6.45, 7) is 3.71. The van der Waals surface area contributed by atoms with Gasteiger partial charge in [-0.15, -0.1) is 0 Å². The first kappa shape index (κ1) is 52.1. The van der Waals surface area contributed by atoms with Crippen molar-refractivity contribution < 1.29 is 56.8 Å². The van der Waals surface area contributed by atoms with Gasteiger partial charge in [0.1, 0.15) is 36.8 Å². The first-order chi connectivity index (χ1) is 27.0. The third-order valence-electron chi connectivity index (χ3n) is 10.0. The van der Waals surface area contributed by atoms with Gasteiger partial charge in [-0.3, -0.25) is 14.1 Å². The van der Waals surface area contributed by atoms with Crippen molar-refractivity contribution in [2.24, 2.45) is 0 Å². The Morgan fingerprint density at radius 2 is 1.07 bits per heavy atom. The Labute approximate surface area is 338 Å². The summed E-state index contributed by atoms with van der Waals surface area (Å²) in [7, 11) is -4.60. The van der Waals surface area contributed by atoms with E-state index in [-0.39, 0.29) is 19.4 Å². The molecule has 0 spiro atoms. The quantitative estimate of drug-likeness (QED) is 0.0205. The molecule has 0 bridgehead atoms. The molecule has 1 aliphatic heterocycles. The summed E-state index contributed by atoms with van der Waals surface area (Å²) in [4.78, 5) is 25.3. The Morgan fingerprint density at radius 1 is 0.607 bits per heavy atom. The molecule has 0 radical (unpaired) electrons. The fourth-order valence-electron chi connectivity index (χ4n) is 6.59. The van der Waals surface area contributed by atoms with Crippen LogP contribution in [-0.4, -0.2) is 96.0 Å². The van der Waals surface area contributed by atoms with Crippen molar-refractivity contribution in [3.63, 3.8) is 0 Å². The molecular formula is C43H78O12S. The van der Waals surface area contributed by atoms with Crippen molar-refractivity contribution in [2.45, 2.75) is 218 Å². The van der Waals surface area contributed by atoms with Gasteiger partial charge in [-0.1, -0.05) is 147 Å². The third kappa shape index (κ3) is 28.5. The summed E-state index contributed by atoms with van der Waals surface area (Å²) in [6.07, 6.45) is 26.6. The number of hydrogen-bond donors (Lipinski definition) is 4. The molecule has 12 nitrogen and oxygen atoms in total. The van der Waals surface area contributed by atoms with Crippen molar-refractivity contribution >= 4 is 22.1 Å². The molecule has 1 aliphatic rings. The first-order valence-corrected chi connectivity index (χ1v) is 23.5. The second-order valence-corrected chi connectivity index (χ2v) is 16.9. The lowest BCUT2D eigenvalue weighted by molar-refractivity contribution is -0.297. The molecule has 328 valence electrons. The van der Waals surface area contributed by atoms with E-state index in [1.807, 2.05) is 0 Å². The number of unbranched alkanes of at least 4 members (excludes halogenated alkanes) is 20. The molecule has 1 heterocycles. The highest BCUT2D eigenvalue weighted by atomic mass is 32.2. The van der Waals surface area contributed by atoms with E-state index in [1.54, 1.807) is 0 Å². The van der Waals surface area contributed by atoms with E-state index in [9.17, 15) is 37.9 Å². The smallest absolute Gasteiger partial charge is 0.306 e. The maximum Gasteiger partial charge on any atom is 0.306 e. The summed E-state index contributed by atoms with van der Waals surface area (Å²) < 4.78 is 53.9. The van der Waals surface area contributed by atoms with E-state index >= 15 is 0 Å². The van der Waals surface area contributed by atoms with E-state index < -0.39 is 71.2 Å². The lowest BCUT2D eigenvalue weighted by atomic mass is 10.00. The molecule has 4 N–H and O–H groups in total. The van der Waals surface area contributed by atoms with Crippen molar-refractivity contribution in [3.05, 3.63) is 24.3 Å². The topological polar surface area (TPSA) is 186 Å². The van der Waals surface area contributed by atoms with Gasteiger partial charge in [0.25, 0.3) is 10.1 Å². The molecule has 13 heteroatoms. The van der Waals surface area contributed by atoms with Gasteiger partial charge in [0.15, 0.2) is 12.4 Å². The summed E-state index contributed by atoms with van der Waals surface area (Å²) >= 11 is 0. The lowest BCUT2D eigenvalue weighted by Gasteiger charge is -2.40. The molecule has 6 atom stereocenters. The number of carbonyl (C=O) groups is 2. The number of aliphatic hydroxyl groups excluding tert-OH is 3. The molecule has 0 saturated carbocycles. The van der Waals surface area contributed by atoms with Crippen molar-refractivity contribution in [1.29, 1.82) is 0 Å². The molecule has 1 fully saturated rings.